The quantitative estimate of drug-likeness (QED) is 0.571. The number of rotatable bonds is 6. The minimum atomic E-state index is -0.727. The fourth-order valence-electron chi connectivity index (χ4n) is 5.32. The SMILES string of the molecule is CCC1O[C@@H](OC2[C@@H](OC)OC3COC(c4ccccc4)O[C@H]3[C@@H]2C)C(OC(C)=O)[C@@H](C)[C@@H]1C. The Balaban J connectivity index is 1.53. The fourth-order valence-corrected chi connectivity index (χ4v) is 5.32. The average Bonchev–Trinajstić information content (AvgIpc) is 2.85. The molecule has 0 aliphatic carbocycles. The summed E-state index contributed by atoms with van der Waals surface area (Å²) in [6, 6.07) is 9.85. The highest BCUT2D eigenvalue weighted by Gasteiger charge is 2.52. The molecule has 1 aromatic rings. The van der Waals surface area contributed by atoms with Gasteiger partial charge in [-0.05, 0) is 12.3 Å². The predicted octanol–water partition coefficient (Wildman–Crippen LogP) is 3.83. The Hall–Kier alpha value is -1.55. The van der Waals surface area contributed by atoms with E-state index in [0.717, 1.165) is 12.0 Å². The lowest BCUT2D eigenvalue weighted by Crippen LogP contribution is -2.61. The molecule has 1 aromatic carbocycles. The van der Waals surface area contributed by atoms with Crippen LogP contribution in [-0.4, -0.2) is 62.8 Å². The largest absolute Gasteiger partial charge is 0.457 e. The second kappa shape index (κ2) is 11.0. The maximum Gasteiger partial charge on any atom is 0.303 e. The minimum Gasteiger partial charge on any atom is -0.457 e. The molecule has 11 atom stereocenters. The first-order valence-corrected chi connectivity index (χ1v) is 12.3. The van der Waals surface area contributed by atoms with Gasteiger partial charge in [0.2, 0.25) is 0 Å². The van der Waals surface area contributed by atoms with E-state index >= 15 is 0 Å². The average molecular weight is 479 g/mol. The third-order valence-corrected chi connectivity index (χ3v) is 7.48. The second-order valence-corrected chi connectivity index (χ2v) is 9.66. The van der Waals surface area contributed by atoms with Crippen LogP contribution < -0.4 is 0 Å². The van der Waals surface area contributed by atoms with Crippen LogP contribution in [0.4, 0.5) is 0 Å². The molecule has 0 amide bonds. The highest BCUT2D eigenvalue weighted by molar-refractivity contribution is 5.66. The third kappa shape index (κ3) is 5.17. The van der Waals surface area contributed by atoms with Crippen LogP contribution in [0, 0.1) is 17.8 Å². The standard InChI is InChI=1S/C26H38O8/c1-7-19-14(2)15(3)22(30-17(5)27)26(31-19)34-23-16(4)21-20(32-25(23)28-6)13-29-24(33-21)18-11-9-8-10-12-18/h8-12,14-16,19-26H,7,13H2,1-6H3/t14-,15-,16-,19?,20?,21-,22?,23?,24?,25-,26-/m0/s1. The number of hydrogen-bond acceptors (Lipinski definition) is 8. The molecular formula is C26H38O8. The van der Waals surface area contributed by atoms with Crippen LogP contribution in [0.1, 0.15) is 52.9 Å². The highest BCUT2D eigenvalue weighted by atomic mass is 16.8. The van der Waals surface area contributed by atoms with Gasteiger partial charge in [0.15, 0.2) is 25.0 Å². The van der Waals surface area contributed by atoms with E-state index in [1.807, 2.05) is 30.3 Å². The smallest absolute Gasteiger partial charge is 0.303 e. The van der Waals surface area contributed by atoms with Crippen molar-refractivity contribution in [1.29, 1.82) is 0 Å². The lowest BCUT2D eigenvalue weighted by molar-refractivity contribution is -0.378. The molecule has 4 rings (SSSR count). The first-order valence-electron chi connectivity index (χ1n) is 12.3. The van der Waals surface area contributed by atoms with Crippen molar-refractivity contribution in [3.63, 3.8) is 0 Å². The van der Waals surface area contributed by atoms with Crippen molar-refractivity contribution in [2.75, 3.05) is 13.7 Å². The van der Waals surface area contributed by atoms with Crippen LogP contribution in [0.5, 0.6) is 0 Å². The molecule has 34 heavy (non-hydrogen) atoms. The van der Waals surface area contributed by atoms with Crippen molar-refractivity contribution in [3.05, 3.63) is 35.9 Å². The Morgan fingerprint density at radius 3 is 2.35 bits per heavy atom. The molecule has 3 fully saturated rings. The van der Waals surface area contributed by atoms with Gasteiger partial charge in [-0.3, -0.25) is 4.79 Å². The summed E-state index contributed by atoms with van der Waals surface area (Å²) in [5.74, 6) is -0.147. The number of ether oxygens (including phenoxy) is 7. The summed E-state index contributed by atoms with van der Waals surface area (Å²) >= 11 is 0. The van der Waals surface area contributed by atoms with Crippen molar-refractivity contribution in [3.8, 4) is 0 Å². The Morgan fingerprint density at radius 2 is 1.71 bits per heavy atom. The van der Waals surface area contributed by atoms with Gasteiger partial charge in [0, 0.05) is 31.4 Å². The summed E-state index contributed by atoms with van der Waals surface area (Å²) in [5, 5.41) is 0. The molecule has 8 nitrogen and oxygen atoms in total. The van der Waals surface area contributed by atoms with Crippen molar-refractivity contribution in [2.45, 2.75) is 90.4 Å². The number of carbonyl (C=O) groups excluding carboxylic acids is 1. The molecule has 190 valence electrons. The third-order valence-electron chi connectivity index (χ3n) is 7.48. The normalized spacial score (nSPS) is 42.6. The van der Waals surface area contributed by atoms with Crippen LogP contribution in [0.3, 0.4) is 0 Å². The Bertz CT molecular complexity index is 803. The zero-order valence-electron chi connectivity index (χ0n) is 20.9. The van der Waals surface area contributed by atoms with E-state index in [0.29, 0.717) is 6.61 Å². The first kappa shape index (κ1) is 25.5. The van der Waals surface area contributed by atoms with Crippen LogP contribution >= 0.6 is 0 Å². The van der Waals surface area contributed by atoms with Gasteiger partial charge in [-0.25, -0.2) is 0 Å². The maximum absolute atomic E-state index is 11.9. The maximum atomic E-state index is 11.9. The van der Waals surface area contributed by atoms with E-state index in [1.165, 1.54) is 6.92 Å². The van der Waals surface area contributed by atoms with E-state index in [4.69, 9.17) is 33.2 Å². The molecule has 0 N–H and O–H groups in total. The summed E-state index contributed by atoms with van der Waals surface area (Å²) in [6.07, 6.45) is -2.54. The monoisotopic (exact) mass is 478 g/mol. The first-order chi connectivity index (χ1) is 16.3. The predicted molar refractivity (Wildman–Crippen MR) is 123 cm³/mol. The molecule has 0 saturated carbocycles. The molecule has 3 saturated heterocycles. The number of fused-ring (bicyclic) bond motifs is 1. The fraction of sp³-hybridized carbons (Fsp3) is 0.731. The van der Waals surface area contributed by atoms with E-state index in [1.54, 1.807) is 7.11 Å². The lowest BCUT2D eigenvalue weighted by Gasteiger charge is -2.50. The number of hydrogen-bond donors (Lipinski definition) is 0. The van der Waals surface area contributed by atoms with Crippen molar-refractivity contribution >= 4 is 5.97 Å². The molecule has 0 aromatic heterocycles. The zero-order valence-corrected chi connectivity index (χ0v) is 20.9. The van der Waals surface area contributed by atoms with Gasteiger partial charge in [-0.1, -0.05) is 58.0 Å². The lowest BCUT2D eigenvalue weighted by atomic mass is 9.82. The molecule has 0 bridgehead atoms. The summed E-state index contributed by atoms with van der Waals surface area (Å²) < 4.78 is 42.7. The topological polar surface area (TPSA) is 81.7 Å². The molecule has 0 radical (unpaired) electrons. The van der Waals surface area contributed by atoms with E-state index < -0.39 is 31.1 Å². The number of methoxy groups -OCH3 is 1. The molecule has 8 heteroatoms. The van der Waals surface area contributed by atoms with Crippen molar-refractivity contribution < 1.29 is 38.0 Å². The van der Waals surface area contributed by atoms with E-state index in [-0.39, 0.29) is 42.0 Å². The van der Waals surface area contributed by atoms with E-state index in [9.17, 15) is 4.79 Å². The van der Waals surface area contributed by atoms with Gasteiger partial charge in [-0.15, -0.1) is 0 Å². The summed E-state index contributed by atoms with van der Waals surface area (Å²) in [6.45, 7) is 10.2. The Kier molecular flexibility index (Phi) is 8.28. The zero-order chi connectivity index (χ0) is 24.4. The Morgan fingerprint density at radius 1 is 0.971 bits per heavy atom. The summed E-state index contributed by atoms with van der Waals surface area (Å²) in [7, 11) is 1.59. The molecule has 3 heterocycles. The number of esters is 1. The number of benzene rings is 1. The van der Waals surface area contributed by atoms with Gasteiger partial charge in [0.05, 0.1) is 18.8 Å². The minimum absolute atomic E-state index is 0.00200. The Labute approximate surface area is 202 Å². The van der Waals surface area contributed by atoms with Gasteiger partial charge < -0.3 is 33.2 Å². The van der Waals surface area contributed by atoms with Crippen LogP contribution in [-0.2, 0) is 38.0 Å². The molecule has 3 aliphatic rings. The molecule has 0 spiro atoms. The van der Waals surface area contributed by atoms with Crippen LogP contribution in [0.2, 0.25) is 0 Å². The van der Waals surface area contributed by atoms with Gasteiger partial charge in [0.1, 0.15) is 12.2 Å². The summed E-state index contributed by atoms with van der Waals surface area (Å²) in [4.78, 5) is 11.9. The van der Waals surface area contributed by atoms with Crippen LogP contribution in [0.25, 0.3) is 0 Å². The summed E-state index contributed by atoms with van der Waals surface area (Å²) in [5.41, 5.74) is 0.957. The second-order valence-electron chi connectivity index (χ2n) is 9.66. The van der Waals surface area contributed by atoms with E-state index in [2.05, 4.69) is 27.7 Å². The highest BCUT2D eigenvalue weighted by Crippen LogP contribution is 2.41. The van der Waals surface area contributed by atoms with Crippen molar-refractivity contribution in [2.24, 2.45) is 17.8 Å². The van der Waals surface area contributed by atoms with Crippen LogP contribution in [0.15, 0.2) is 30.3 Å². The molecule has 5 unspecified atom stereocenters. The van der Waals surface area contributed by atoms with Gasteiger partial charge in [0.25, 0.3) is 0 Å². The van der Waals surface area contributed by atoms with Crippen molar-refractivity contribution in [1.82, 2.24) is 0 Å². The van der Waals surface area contributed by atoms with Gasteiger partial charge >= 0.3 is 5.97 Å². The number of carbonyl (C=O) groups is 1. The molecule has 3 aliphatic heterocycles. The molecular weight excluding hydrogens is 440 g/mol. The van der Waals surface area contributed by atoms with Gasteiger partial charge in [-0.2, -0.15) is 0 Å².